The quantitative estimate of drug-likeness (QED) is 0.703. The molecule has 0 bridgehead atoms. The Morgan fingerprint density at radius 2 is 2.00 bits per heavy atom. The smallest absolute Gasteiger partial charge is 0.220 e. The van der Waals surface area contributed by atoms with Gasteiger partial charge in [0.05, 0.1) is 17.9 Å². The highest BCUT2D eigenvalue weighted by Crippen LogP contribution is 2.27. The molecule has 0 unspecified atom stereocenters. The number of hydrogen-bond donors (Lipinski definition) is 1. The molecule has 0 spiro atoms. The maximum absolute atomic E-state index is 12.0. The van der Waals surface area contributed by atoms with E-state index in [9.17, 15) is 13.2 Å². The number of amides is 1. The predicted octanol–water partition coefficient (Wildman–Crippen LogP) is 2.69. The molecule has 2 rings (SSSR count). The lowest BCUT2D eigenvalue weighted by Crippen LogP contribution is -2.46. The maximum atomic E-state index is 12.0. The molecule has 0 saturated carbocycles. The molecule has 9 heteroatoms. The van der Waals surface area contributed by atoms with Crippen LogP contribution in [0, 0.1) is 0 Å². The second kappa shape index (κ2) is 9.07. The summed E-state index contributed by atoms with van der Waals surface area (Å²) in [5, 5.41) is 3.93. The largest absolute Gasteiger partial charge is 0.492 e. The zero-order chi connectivity index (χ0) is 18.4. The van der Waals surface area contributed by atoms with Gasteiger partial charge in [0.25, 0.3) is 0 Å². The standard InChI is InChI=1S/C16H22Cl2N2O4S/c1-25(22,23)20-8-6-13(7-9-20)19-16(21)3-2-10-24-15-5-4-12(17)11-14(15)18/h4-5,11,13H,2-3,6-10H2,1H3,(H,19,21). The van der Waals surface area contributed by atoms with Crippen LogP contribution in [-0.2, 0) is 14.8 Å². The van der Waals surface area contributed by atoms with Gasteiger partial charge < -0.3 is 10.1 Å². The molecule has 140 valence electrons. The van der Waals surface area contributed by atoms with Gasteiger partial charge in [-0.3, -0.25) is 4.79 Å². The van der Waals surface area contributed by atoms with E-state index in [1.807, 2.05) is 0 Å². The first kappa shape index (κ1) is 20.3. The average molecular weight is 409 g/mol. The van der Waals surface area contributed by atoms with Crippen LogP contribution < -0.4 is 10.1 Å². The Kier molecular flexibility index (Phi) is 7.37. The number of hydrogen-bond acceptors (Lipinski definition) is 4. The third-order valence-electron chi connectivity index (χ3n) is 3.99. The number of carbonyl (C=O) groups excluding carboxylic acids is 1. The molecule has 1 heterocycles. The van der Waals surface area contributed by atoms with Gasteiger partial charge in [0, 0.05) is 30.6 Å². The van der Waals surface area contributed by atoms with E-state index in [4.69, 9.17) is 27.9 Å². The van der Waals surface area contributed by atoms with Crippen molar-refractivity contribution < 1.29 is 17.9 Å². The predicted molar refractivity (Wildman–Crippen MR) is 98.8 cm³/mol. The van der Waals surface area contributed by atoms with Crippen molar-refractivity contribution in [1.29, 1.82) is 0 Å². The fraction of sp³-hybridized carbons (Fsp3) is 0.562. The highest BCUT2D eigenvalue weighted by Gasteiger charge is 2.25. The minimum atomic E-state index is -3.14. The van der Waals surface area contributed by atoms with Crippen molar-refractivity contribution >= 4 is 39.1 Å². The van der Waals surface area contributed by atoms with Crippen LogP contribution in [0.15, 0.2) is 18.2 Å². The second-order valence-electron chi connectivity index (χ2n) is 6.03. The van der Waals surface area contributed by atoms with Crippen LogP contribution in [0.25, 0.3) is 0 Å². The van der Waals surface area contributed by atoms with Crippen LogP contribution in [-0.4, -0.2) is 50.6 Å². The van der Waals surface area contributed by atoms with Gasteiger partial charge in [-0.2, -0.15) is 0 Å². The number of ether oxygens (including phenoxy) is 1. The van der Waals surface area contributed by atoms with E-state index in [0.29, 0.717) is 61.2 Å². The highest BCUT2D eigenvalue weighted by molar-refractivity contribution is 7.88. The molecule has 6 nitrogen and oxygen atoms in total. The molecular weight excluding hydrogens is 387 g/mol. The van der Waals surface area contributed by atoms with E-state index >= 15 is 0 Å². The molecule has 0 aromatic heterocycles. The monoisotopic (exact) mass is 408 g/mol. The van der Waals surface area contributed by atoms with Gasteiger partial charge in [-0.15, -0.1) is 0 Å². The van der Waals surface area contributed by atoms with E-state index in [2.05, 4.69) is 5.32 Å². The zero-order valence-corrected chi connectivity index (χ0v) is 16.3. The van der Waals surface area contributed by atoms with Gasteiger partial charge in [-0.05, 0) is 37.5 Å². The maximum Gasteiger partial charge on any atom is 0.220 e. The van der Waals surface area contributed by atoms with Gasteiger partial charge in [0.15, 0.2) is 0 Å². The summed E-state index contributed by atoms with van der Waals surface area (Å²) in [4.78, 5) is 12.0. The van der Waals surface area contributed by atoms with E-state index in [-0.39, 0.29) is 11.9 Å². The number of sulfonamides is 1. The minimum absolute atomic E-state index is 0.0251. The van der Waals surface area contributed by atoms with Crippen LogP contribution >= 0.6 is 23.2 Å². The summed E-state index contributed by atoms with van der Waals surface area (Å²) in [6.45, 7) is 1.27. The number of nitrogens with one attached hydrogen (secondary N) is 1. The SMILES string of the molecule is CS(=O)(=O)N1CCC(NC(=O)CCCOc2ccc(Cl)cc2Cl)CC1. The van der Waals surface area contributed by atoms with Crippen molar-refractivity contribution in [1.82, 2.24) is 9.62 Å². The summed E-state index contributed by atoms with van der Waals surface area (Å²) in [6, 6.07) is 5.02. The molecule has 1 amide bonds. The minimum Gasteiger partial charge on any atom is -0.492 e. The lowest BCUT2D eigenvalue weighted by Gasteiger charge is -2.30. The Balaban J connectivity index is 1.65. The summed E-state index contributed by atoms with van der Waals surface area (Å²) < 4.78 is 29.9. The first-order valence-corrected chi connectivity index (χ1v) is 10.7. The zero-order valence-electron chi connectivity index (χ0n) is 14.0. The molecular formula is C16H22Cl2N2O4S. The Hall–Kier alpha value is -1.02. The van der Waals surface area contributed by atoms with Crippen LogP contribution in [0.4, 0.5) is 0 Å². The van der Waals surface area contributed by atoms with E-state index in [1.54, 1.807) is 18.2 Å². The number of nitrogens with zero attached hydrogens (tertiary/aromatic N) is 1. The van der Waals surface area contributed by atoms with Gasteiger partial charge in [-0.1, -0.05) is 23.2 Å². The molecule has 0 radical (unpaired) electrons. The van der Waals surface area contributed by atoms with E-state index in [0.717, 1.165) is 0 Å². The van der Waals surface area contributed by atoms with E-state index in [1.165, 1.54) is 10.6 Å². The Morgan fingerprint density at radius 1 is 1.32 bits per heavy atom. The van der Waals surface area contributed by atoms with Crippen LogP contribution in [0.5, 0.6) is 5.75 Å². The molecule has 1 saturated heterocycles. The third kappa shape index (κ3) is 6.66. The molecule has 1 aliphatic rings. The van der Waals surface area contributed by atoms with Crippen molar-refractivity contribution in [2.24, 2.45) is 0 Å². The molecule has 1 aromatic carbocycles. The summed E-state index contributed by atoms with van der Waals surface area (Å²) in [7, 11) is -3.14. The van der Waals surface area contributed by atoms with Crippen molar-refractivity contribution in [3.63, 3.8) is 0 Å². The fourth-order valence-electron chi connectivity index (χ4n) is 2.64. The number of piperidine rings is 1. The molecule has 1 N–H and O–H groups in total. The van der Waals surface area contributed by atoms with Crippen LogP contribution in [0.2, 0.25) is 10.0 Å². The lowest BCUT2D eigenvalue weighted by molar-refractivity contribution is -0.122. The van der Waals surface area contributed by atoms with Gasteiger partial charge in [0.1, 0.15) is 5.75 Å². The lowest BCUT2D eigenvalue weighted by atomic mass is 10.1. The highest BCUT2D eigenvalue weighted by atomic mass is 35.5. The molecule has 0 aliphatic carbocycles. The summed E-state index contributed by atoms with van der Waals surface area (Å²) >= 11 is 11.8. The third-order valence-corrected chi connectivity index (χ3v) is 5.82. The second-order valence-corrected chi connectivity index (χ2v) is 8.86. The van der Waals surface area contributed by atoms with Gasteiger partial charge in [0.2, 0.25) is 15.9 Å². The number of benzene rings is 1. The summed E-state index contributed by atoms with van der Waals surface area (Å²) in [6.07, 6.45) is 3.38. The summed E-state index contributed by atoms with van der Waals surface area (Å²) in [5.74, 6) is 0.489. The number of halogens is 2. The first-order valence-electron chi connectivity index (χ1n) is 8.08. The average Bonchev–Trinajstić information content (AvgIpc) is 2.53. The first-order chi connectivity index (χ1) is 11.8. The molecule has 0 atom stereocenters. The van der Waals surface area contributed by atoms with Crippen molar-refractivity contribution in [2.75, 3.05) is 26.0 Å². The van der Waals surface area contributed by atoms with Crippen LogP contribution in [0.3, 0.4) is 0 Å². The van der Waals surface area contributed by atoms with E-state index < -0.39 is 10.0 Å². The number of carbonyl (C=O) groups is 1. The fourth-order valence-corrected chi connectivity index (χ4v) is 3.98. The van der Waals surface area contributed by atoms with Gasteiger partial charge >= 0.3 is 0 Å². The Morgan fingerprint density at radius 3 is 2.60 bits per heavy atom. The Labute approximate surface area is 158 Å². The Bertz CT molecular complexity index is 704. The molecule has 1 aromatic rings. The normalized spacial score (nSPS) is 16.6. The summed E-state index contributed by atoms with van der Waals surface area (Å²) in [5.41, 5.74) is 0. The molecule has 1 aliphatic heterocycles. The topological polar surface area (TPSA) is 75.7 Å². The van der Waals surface area contributed by atoms with Crippen molar-refractivity contribution in [3.8, 4) is 5.75 Å². The number of rotatable bonds is 7. The molecule has 25 heavy (non-hydrogen) atoms. The van der Waals surface area contributed by atoms with Crippen molar-refractivity contribution in [3.05, 3.63) is 28.2 Å². The van der Waals surface area contributed by atoms with Gasteiger partial charge in [-0.25, -0.2) is 12.7 Å². The van der Waals surface area contributed by atoms with Crippen LogP contribution in [0.1, 0.15) is 25.7 Å². The molecule has 1 fully saturated rings. The van der Waals surface area contributed by atoms with Crippen molar-refractivity contribution in [2.45, 2.75) is 31.7 Å².